The lowest BCUT2D eigenvalue weighted by Crippen LogP contribution is -2.42. The van der Waals surface area contributed by atoms with E-state index in [1.54, 1.807) is 12.1 Å². The molecule has 1 aliphatic heterocycles. The van der Waals surface area contributed by atoms with Crippen LogP contribution >= 0.6 is 0 Å². The highest BCUT2D eigenvalue weighted by atomic mass is 32.2. The molecule has 12 heteroatoms. The zero-order valence-electron chi connectivity index (χ0n) is 23.5. The Labute approximate surface area is 248 Å². The monoisotopic (exact) mass is 610 g/mol. The molecule has 2 aliphatic carbocycles. The van der Waals surface area contributed by atoms with Gasteiger partial charge in [0.1, 0.15) is 22.7 Å². The number of para-hydroxylation sites is 1. The van der Waals surface area contributed by atoms with E-state index in [1.807, 2.05) is 29.2 Å². The number of amides is 1. The minimum Gasteiger partial charge on any atom is -0.440 e. The van der Waals surface area contributed by atoms with Crippen molar-refractivity contribution < 1.29 is 31.1 Å². The van der Waals surface area contributed by atoms with Gasteiger partial charge in [-0.15, -0.1) is 0 Å². The van der Waals surface area contributed by atoms with Crippen LogP contribution in [0.4, 0.5) is 14.5 Å². The molecule has 2 saturated carbocycles. The third kappa shape index (κ3) is 6.22. The molecule has 0 spiro atoms. The van der Waals surface area contributed by atoms with Crippen molar-refractivity contribution in [1.82, 2.24) is 10.3 Å². The zero-order valence-corrected chi connectivity index (χ0v) is 24.3. The average molecular weight is 611 g/mol. The first-order chi connectivity index (χ1) is 20.7. The van der Waals surface area contributed by atoms with Gasteiger partial charge in [0.2, 0.25) is 11.8 Å². The third-order valence-corrected chi connectivity index (χ3v) is 10.2. The number of alkyl halides is 2. The molecule has 3 aromatic rings. The van der Waals surface area contributed by atoms with Gasteiger partial charge in [-0.2, -0.15) is 14.0 Å². The van der Waals surface area contributed by atoms with Crippen molar-refractivity contribution in [2.24, 2.45) is 5.92 Å². The maximum absolute atomic E-state index is 13.6. The summed E-state index contributed by atoms with van der Waals surface area (Å²) in [5.74, 6) is -0.217. The maximum atomic E-state index is 13.6. The molecular weight excluding hydrogens is 578 g/mol. The lowest BCUT2D eigenvalue weighted by molar-refractivity contribution is -0.127. The number of hydrogen-bond acceptors (Lipinski definition) is 8. The van der Waals surface area contributed by atoms with E-state index in [9.17, 15) is 27.3 Å². The van der Waals surface area contributed by atoms with Crippen molar-refractivity contribution in [2.45, 2.75) is 56.6 Å². The number of sulfone groups is 1. The van der Waals surface area contributed by atoms with Gasteiger partial charge in [-0.25, -0.2) is 13.4 Å². The predicted molar refractivity (Wildman–Crippen MR) is 155 cm³/mol. The fourth-order valence-electron chi connectivity index (χ4n) is 6.08. The predicted octanol–water partition coefficient (Wildman–Crippen LogP) is 5.29. The van der Waals surface area contributed by atoms with E-state index in [2.05, 4.69) is 16.1 Å². The number of carbonyl (C=O) groups is 1. The Morgan fingerprint density at radius 3 is 2.58 bits per heavy atom. The molecule has 1 amide bonds. The number of nitriles is 1. The quantitative estimate of drug-likeness (QED) is 0.365. The zero-order chi connectivity index (χ0) is 30.2. The summed E-state index contributed by atoms with van der Waals surface area (Å²) in [5.41, 5.74) is 1.68. The highest BCUT2D eigenvalue weighted by molar-refractivity contribution is 7.91. The van der Waals surface area contributed by atoms with E-state index >= 15 is 0 Å². The van der Waals surface area contributed by atoms with E-state index < -0.39 is 27.9 Å². The number of rotatable bonds is 8. The molecule has 43 heavy (non-hydrogen) atoms. The molecule has 3 fully saturated rings. The number of oxazole rings is 1. The number of nitrogens with one attached hydrogen (secondary N) is 1. The Balaban J connectivity index is 1.44. The molecule has 2 aromatic carbocycles. The summed E-state index contributed by atoms with van der Waals surface area (Å²) in [6.45, 7) is -2.33. The van der Waals surface area contributed by atoms with Crippen LogP contribution in [0, 0.1) is 17.2 Å². The Kier molecular flexibility index (Phi) is 7.85. The molecule has 6 rings (SSSR count). The summed E-state index contributed by atoms with van der Waals surface area (Å²) >= 11 is 0. The Hall–Kier alpha value is -3.98. The average Bonchev–Trinajstić information content (AvgIpc) is 3.63. The first kappa shape index (κ1) is 29.1. The van der Waals surface area contributed by atoms with Crippen LogP contribution in [0.15, 0.2) is 52.9 Å². The van der Waals surface area contributed by atoms with Gasteiger partial charge in [0.05, 0.1) is 17.6 Å². The molecule has 3 aliphatic rings. The van der Waals surface area contributed by atoms with Crippen LogP contribution in [0.2, 0.25) is 0 Å². The Morgan fingerprint density at radius 2 is 1.86 bits per heavy atom. The number of aromatic nitrogens is 1. The SMILES string of the molecule is N#CC1(NC(=O)[C@@H]2CCCC[C@H]2c2oc(-c3cccc(OC(F)F)c3)nc2-c2ccccc2N2CCS(=O)(=O)CC2)CC1. The molecule has 9 nitrogen and oxygen atoms in total. The Morgan fingerprint density at radius 1 is 1.12 bits per heavy atom. The number of halogens is 2. The van der Waals surface area contributed by atoms with E-state index in [4.69, 9.17) is 9.40 Å². The van der Waals surface area contributed by atoms with Gasteiger partial charge < -0.3 is 19.4 Å². The highest BCUT2D eigenvalue weighted by Crippen LogP contribution is 2.46. The third-order valence-electron chi connectivity index (χ3n) is 8.57. The second-order valence-electron chi connectivity index (χ2n) is 11.5. The van der Waals surface area contributed by atoms with Gasteiger partial charge in [-0.3, -0.25) is 4.79 Å². The van der Waals surface area contributed by atoms with Gasteiger partial charge in [0.15, 0.2) is 9.84 Å². The number of carbonyl (C=O) groups excluding carboxylic acids is 1. The molecule has 2 heterocycles. The molecule has 0 bridgehead atoms. The van der Waals surface area contributed by atoms with Gasteiger partial charge in [-0.05, 0) is 49.9 Å². The van der Waals surface area contributed by atoms with Crippen LogP contribution < -0.4 is 15.0 Å². The standard InChI is InChI=1S/C31H32F2N4O5S/c32-30(33)41-21-7-5-6-20(18-21)29-35-26(24-10-3-4-11-25(24)37-14-16-43(39,40)17-15-37)27(42-29)22-8-1-2-9-23(22)28(38)36-31(19-34)12-13-31/h3-7,10-11,18,22-23,30H,1-2,8-9,12-17H2,(H,36,38)/t22-,23-/m1/s1. The minimum absolute atomic E-state index is 0.0371. The molecule has 1 saturated heterocycles. The molecule has 226 valence electrons. The van der Waals surface area contributed by atoms with E-state index in [-0.39, 0.29) is 35.0 Å². The second-order valence-corrected chi connectivity index (χ2v) is 13.8. The topological polar surface area (TPSA) is 126 Å². The molecule has 0 unspecified atom stereocenters. The van der Waals surface area contributed by atoms with Crippen LogP contribution in [0.5, 0.6) is 5.75 Å². The summed E-state index contributed by atoms with van der Waals surface area (Å²) in [6, 6.07) is 15.9. The van der Waals surface area contributed by atoms with Crippen LogP contribution in [0.1, 0.15) is 50.2 Å². The van der Waals surface area contributed by atoms with Crippen LogP contribution in [0.25, 0.3) is 22.7 Å². The summed E-state index contributed by atoms with van der Waals surface area (Å²) in [7, 11) is -3.11. The van der Waals surface area contributed by atoms with E-state index in [1.165, 1.54) is 12.1 Å². The minimum atomic E-state index is -3.11. The number of nitrogens with zero attached hydrogens (tertiary/aromatic N) is 3. The summed E-state index contributed by atoms with van der Waals surface area (Å²) in [4.78, 5) is 20.5. The number of ether oxygens (including phenoxy) is 1. The Bertz CT molecular complexity index is 1650. The van der Waals surface area contributed by atoms with Crippen LogP contribution in [-0.2, 0) is 14.6 Å². The van der Waals surface area contributed by atoms with Gasteiger partial charge in [-0.1, -0.05) is 37.1 Å². The summed E-state index contributed by atoms with van der Waals surface area (Å²) in [5, 5.41) is 12.5. The van der Waals surface area contributed by atoms with Crippen molar-refractivity contribution in [2.75, 3.05) is 29.5 Å². The van der Waals surface area contributed by atoms with Crippen molar-refractivity contribution in [1.29, 1.82) is 5.26 Å². The molecular formula is C31H32F2N4O5S. The normalized spacial score (nSPS) is 22.5. The van der Waals surface area contributed by atoms with Gasteiger partial charge in [0, 0.05) is 41.7 Å². The van der Waals surface area contributed by atoms with Crippen molar-refractivity contribution in [3.63, 3.8) is 0 Å². The smallest absolute Gasteiger partial charge is 0.387 e. The van der Waals surface area contributed by atoms with Crippen LogP contribution in [0.3, 0.4) is 0 Å². The molecule has 0 radical (unpaired) electrons. The van der Waals surface area contributed by atoms with E-state index in [0.29, 0.717) is 55.8 Å². The van der Waals surface area contributed by atoms with Crippen LogP contribution in [-0.4, -0.2) is 56.1 Å². The molecule has 1 aromatic heterocycles. The van der Waals surface area contributed by atoms with E-state index in [0.717, 1.165) is 24.1 Å². The van der Waals surface area contributed by atoms with Gasteiger partial charge >= 0.3 is 6.61 Å². The summed E-state index contributed by atoms with van der Waals surface area (Å²) < 4.78 is 61.3. The highest BCUT2D eigenvalue weighted by Gasteiger charge is 2.47. The lowest BCUT2D eigenvalue weighted by atomic mass is 9.76. The number of anilines is 1. The van der Waals surface area contributed by atoms with Crippen molar-refractivity contribution in [3.05, 3.63) is 54.3 Å². The molecule has 2 atom stereocenters. The fourth-order valence-corrected chi connectivity index (χ4v) is 7.29. The lowest BCUT2D eigenvalue weighted by Gasteiger charge is -2.32. The largest absolute Gasteiger partial charge is 0.440 e. The molecule has 1 N–H and O–H groups in total. The fraction of sp³-hybridized carbons (Fsp3) is 0.452. The number of hydrogen-bond donors (Lipinski definition) is 1. The van der Waals surface area contributed by atoms with Crippen molar-refractivity contribution in [3.8, 4) is 34.5 Å². The van der Waals surface area contributed by atoms with Gasteiger partial charge in [0.25, 0.3) is 0 Å². The maximum Gasteiger partial charge on any atom is 0.387 e. The second kappa shape index (κ2) is 11.6. The first-order valence-electron chi connectivity index (χ1n) is 14.5. The number of benzene rings is 2. The summed E-state index contributed by atoms with van der Waals surface area (Å²) in [6.07, 6.45) is 4.27. The van der Waals surface area contributed by atoms with Crippen molar-refractivity contribution >= 4 is 21.4 Å². The first-order valence-corrected chi connectivity index (χ1v) is 16.3.